The molecule has 0 fully saturated rings. The molecule has 2 aromatic heterocycles. The van der Waals surface area contributed by atoms with Gasteiger partial charge in [-0.1, -0.05) is 5.21 Å². The predicted molar refractivity (Wildman–Crippen MR) is 85.7 cm³/mol. The zero-order valence-electron chi connectivity index (χ0n) is 12.6. The fourth-order valence-corrected chi connectivity index (χ4v) is 3.15. The Balaban J connectivity index is 1.65. The van der Waals surface area contributed by atoms with Gasteiger partial charge in [0.25, 0.3) is 10.0 Å². The van der Waals surface area contributed by atoms with Crippen LogP contribution in [0, 0.1) is 0 Å². The van der Waals surface area contributed by atoms with Gasteiger partial charge in [0.05, 0.1) is 17.6 Å². The van der Waals surface area contributed by atoms with Crippen LogP contribution < -0.4 is 4.72 Å². The van der Waals surface area contributed by atoms with Crippen LogP contribution in [-0.4, -0.2) is 33.9 Å². The molecule has 0 bridgehead atoms. The molecule has 1 N–H and O–H groups in total. The van der Waals surface area contributed by atoms with Crippen molar-refractivity contribution < 1.29 is 13.2 Å². The molecule has 24 heavy (non-hydrogen) atoms. The first kappa shape index (κ1) is 15.9. The highest BCUT2D eigenvalue weighted by Gasteiger charge is 2.17. The minimum Gasteiger partial charge on any atom is -0.324 e. The summed E-state index contributed by atoms with van der Waals surface area (Å²) in [5.74, 6) is -0.597. The van der Waals surface area contributed by atoms with Crippen molar-refractivity contribution in [1.82, 2.24) is 24.3 Å². The molecule has 0 radical (unpaired) electrons. The zero-order chi connectivity index (χ0) is 17.0. The van der Waals surface area contributed by atoms with Crippen LogP contribution in [0.4, 0.5) is 0 Å². The van der Waals surface area contributed by atoms with Crippen LogP contribution >= 0.6 is 0 Å². The number of nitrogens with zero attached hydrogens (tertiary/aromatic N) is 4. The molecule has 3 aromatic rings. The Morgan fingerprint density at radius 1 is 1.08 bits per heavy atom. The maximum atomic E-state index is 12.2. The van der Waals surface area contributed by atoms with Crippen molar-refractivity contribution in [3.63, 3.8) is 0 Å². The normalized spacial score (nSPS) is 11.3. The first-order valence-electron chi connectivity index (χ1n) is 7.18. The molecule has 0 aliphatic heterocycles. The van der Waals surface area contributed by atoms with Crippen molar-refractivity contribution in [3.05, 3.63) is 61.2 Å². The maximum Gasteiger partial charge on any atom is 0.264 e. The highest BCUT2D eigenvalue weighted by molar-refractivity contribution is 7.90. The number of aryl methyl sites for hydroxylation is 1. The Morgan fingerprint density at radius 3 is 2.42 bits per heavy atom. The van der Waals surface area contributed by atoms with Gasteiger partial charge in [-0.25, -0.2) is 13.1 Å². The largest absolute Gasteiger partial charge is 0.324 e. The van der Waals surface area contributed by atoms with Crippen LogP contribution in [0.15, 0.2) is 66.1 Å². The third-order valence-corrected chi connectivity index (χ3v) is 4.73. The molecule has 0 saturated carbocycles. The van der Waals surface area contributed by atoms with Crippen LogP contribution in [0.1, 0.15) is 6.42 Å². The van der Waals surface area contributed by atoms with Gasteiger partial charge < -0.3 is 4.57 Å². The van der Waals surface area contributed by atoms with Crippen LogP contribution in [-0.2, 0) is 21.4 Å². The summed E-state index contributed by atoms with van der Waals surface area (Å²) in [6.07, 6.45) is 6.79. The van der Waals surface area contributed by atoms with Crippen molar-refractivity contribution in [2.45, 2.75) is 17.9 Å². The topological polar surface area (TPSA) is 98.9 Å². The number of hydrogen-bond acceptors (Lipinski definition) is 5. The Labute approximate surface area is 138 Å². The van der Waals surface area contributed by atoms with Crippen LogP contribution in [0.3, 0.4) is 0 Å². The van der Waals surface area contributed by atoms with Crippen LogP contribution in [0.25, 0.3) is 5.69 Å². The summed E-state index contributed by atoms with van der Waals surface area (Å²) in [6, 6.07) is 10.0. The van der Waals surface area contributed by atoms with Gasteiger partial charge in [0.2, 0.25) is 5.91 Å². The van der Waals surface area contributed by atoms with Gasteiger partial charge in [-0.2, -0.15) is 0 Å². The molecule has 1 amide bonds. The molecule has 1 aromatic carbocycles. The van der Waals surface area contributed by atoms with E-state index in [-0.39, 0.29) is 17.9 Å². The monoisotopic (exact) mass is 345 g/mol. The number of carbonyl (C=O) groups excluding carboxylic acids is 1. The second-order valence-electron chi connectivity index (χ2n) is 5.03. The van der Waals surface area contributed by atoms with Crippen molar-refractivity contribution in [2.75, 3.05) is 0 Å². The molecule has 0 unspecified atom stereocenters. The Morgan fingerprint density at radius 2 is 1.79 bits per heavy atom. The van der Waals surface area contributed by atoms with E-state index in [4.69, 9.17) is 0 Å². The number of aromatic nitrogens is 4. The average molecular weight is 345 g/mol. The first-order chi connectivity index (χ1) is 11.5. The van der Waals surface area contributed by atoms with Crippen molar-refractivity contribution in [3.8, 4) is 5.69 Å². The fourth-order valence-electron chi connectivity index (χ4n) is 2.13. The summed E-state index contributed by atoms with van der Waals surface area (Å²) < 4.78 is 29.8. The third kappa shape index (κ3) is 3.69. The number of rotatable bonds is 6. The summed E-state index contributed by atoms with van der Waals surface area (Å²) in [6.45, 7) is 0.258. The number of nitrogens with one attached hydrogen (secondary N) is 1. The lowest BCUT2D eigenvalue weighted by atomic mass is 10.3. The smallest absolute Gasteiger partial charge is 0.264 e. The molecule has 0 aliphatic rings. The Kier molecular flexibility index (Phi) is 4.43. The summed E-state index contributed by atoms with van der Waals surface area (Å²) in [5, 5.41) is 7.32. The SMILES string of the molecule is O=C(CCn1ccnn1)NS(=O)(=O)c1ccc(-n2cccc2)cc1. The molecule has 0 atom stereocenters. The second kappa shape index (κ2) is 6.67. The standard InChI is InChI=1S/C15H15N5O3S/c21-15(7-11-20-12-8-16-18-20)17-24(22,23)14-5-3-13(4-6-14)19-9-1-2-10-19/h1-6,8-10,12H,7,11H2,(H,17,21). The molecule has 0 aliphatic carbocycles. The maximum absolute atomic E-state index is 12.2. The van der Waals surface area contributed by atoms with Gasteiger partial charge in [0.15, 0.2) is 0 Å². The van der Waals surface area contributed by atoms with E-state index in [1.165, 1.54) is 23.0 Å². The minimum atomic E-state index is -3.89. The highest BCUT2D eigenvalue weighted by atomic mass is 32.2. The Bertz CT molecular complexity index is 901. The van der Waals surface area contributed by atoms with Crippen LogP contribution in [0.5, 0.6) is 0 Å². The van der Waals surface area contributed by atoms with Gasteiger partial charge in [-0.3, -0.25) is 9.48 Å². The number of amides is 1. The first-order valence-corrected chi connectivity index (χ1v) is 8.66. The van der Waals surface area contributed by atoms with E-state index in [1.807, 2.05) is 29.1 Å². The molecule has 3 rings (SSSR count). The van der Waals surface area contributed by atoms with Crippen molar-refractivity contribution in [2.24, 2.45) is 0 Å². The number of hydrogen-bond donors (Lipinski definition) is 1. The third-order valence-electron chi connectivity index (χ3n) is 3.34. The predicted octanol–water partition coefficient (Wildman–Crippen LogP) is 0.964. The molecule has 8 nitrogen and oxygen atoms in total. The van der Waals surface area contributed by atoms with E-state index in [1.54, 1.807) is 18.3 Å². The minimum absolute atomic E-state index is 0.00988. The molecular weight excluding hydrogens is 330 g/mol. The van der Waals surface area contributed by atoms with Gasteiger partial charge in [0, 0.05) is 30.7 Å². The van der Waals surface area contributed by atoms with E-state index in [0.717, 1.165) is 5.69 Å². The second-order valence-corrected chi connectivity index (χ2v) is 6.71. The highest BCUT2D eigenvalue weighted by Crippen LogP contribution is 2.14. The lowest BCUT2D eigenvalue weighted by molar-refractivity contribution is -0.119. The lowest BCUT2D eigenvalue weighted by Gasteiger charge is -2.08. The molecular formula is C15H15N5O3S. The summed E-state index contributed by atoms with van der Waals surface area (Å²) in [5.41, 5.74) is 0.830. The summed E-state index contributed by atoms with van der Waals surface area (Å²) in [4.78, 5) is 11.9. The number of carbonyl (C=O) groups is 1. The lowest BCUT2D eigenvalue weighted by Crippen LogP contribution is -2.31. The Hall–Kier alpha value is -2.94. The molecule has 9 heteroatoms. The number of sulfonamides is 1. The zero-order valence-corrected chi connectivity index (χ0v) is 13.4. The molecule has 0 saturated heterocycles. The molecule has 124 valence electrons. The number of benzene rings is 1. The van der Waals surface area contributed by atoms with Gasteiger partial charge in [-0.05, 0) is 36.4 Å². The molecule has 2 heterocycles. The van der Waals surface area contributed by atoms with E-state index in [2.05, 4.69) is 15.0 Å². The van der Waals surface area contributed by atoms with Crippen LogP contribution in [0.2, 0.25) is 0 Å². The van der Waals surface area contributed by atoms with E-state index in [0.29, 0.717) is 0 Å². The summed E-state index contributed by atoms with van der Waals surface area (Å²) >= 11 is 0. The van der Waals surface area contributed by atoms with Gasteiger partial charge >= 0.3 is 0 Å². The van der Waals surface area contributed by atoms with E-state index < -0.39 is 15.9 Å². The quantitative estimate of drug-likeness (QED) is 0.717. The van der Waals surface area contributed by atoms with Crippen molar-refractivity contribution in [1.29, 1.82) is 0 Å². The molecule has 0 spiro atoms. The van der Waals surface area contributed by atoms with E-state index in [9.17, 15) is 13.2 Å². The fraction of sp³-hybridized carbons (Fsp3) is 0.133. The van der Waals surface area contributed by atoms with Crippen molar-refractivity contribution >= 4 is 15.9 Å². The summed E-state index contributed by atoms with van der Waals surface area (Å²) in [7, 11) is -3.89. The van der Waals surface area contributed by atoms with E-state index >= 15 is 0 Å². The van der Waals surface area contributed by atoms with Gasteiger partial charge in [-0.15, -0.1) is 5.10 Å². The average Bonchev–Trinajstić information content (AvgIpc) is 3.26. The van der Waals surface area contributed by atoms with Gasteiger partial charge in [0.1, 0.15) is 0 Å².